The summed E-state index contributed by atoms with van der Waals surface area (Å²) in [6.07, 6.45) is -0.0739. The number of halogens is 2. The van der Waals surface area contributed by atoms with Crippen molar-refractivity contribution in [1.29, 1.82) is 0 Å². The second-order valence-electron chi connectivity index (χ2n) is 12.6. The van der Waals surface area contributed by atoms with Gasteiger partial charge in [-0.3, -0.25) is 14.6 Å². The van der Waals surface area contributed by atoms with Crippen LogP contribution in [0.1, 0.15) is 35.1 Å². The zero-order valence-electron chi connectivity index (χ0n) is 28.3. The Morgan fingerprint density at radius 3 is 1.80 bits per heavy atom. The van der Waals surface area contributed by atoms with Gasteiger partial charge in [0.1, 0.15) is 19.3 Å². The second-order valence-corrected chi connectivity index (χ2v) is 13.4. The lowest BCUT2D eigenvalue weighted by molar-refractivity contribution is -0.142. The van der Waals surface area contributed by atoms with E-state index in [9.17, 15) is 20.1 Å². The minimum atomic E-state index is -0.977. The first-order chi connectivity index (χ1) is 24.6. The third kappa shape index (κ3) is 8.66. The number of likely N-dealkylation sites (tertiary alicyclic amines) is 2. The van der Waals surface area contributed by atoms with Gasteiger partial charge in [-0.2, -0.15) is 9.97 Å². The van der Waals surface area contributed by atoms with Crippen molar-refractivity contribution < 1.29 is 39.1 Å². The number of aliphatic carboxylic acids is 1. The molecule has 2 fully saturated rings. The van der Waals surface area contributed by atoms with E-state index >= 15 is 0 Å². The SMILES string of the molecule is COc1nc(OCc2cccc(-c3cccc(COc4ccc(CN5C[C@@H](O)C[C@H]5C(=O)O)c(OC)n4)c3Cl)c2Cl)ccc1CN1CC[C@H](O)C1. The zero-order chi connectivity index (χ0) is 36.1. The number of hydrogen-bond donors (Lipinski definition) is 3. The fraction of sp³-hybridized carbons (Fsp3) is 0.378. The first kappa shape index (κ1) is 36.6. The van der Waals surface area contributed by atoms with Gasteiger partial charge in [0.15, 0.2) is 0 Å². The topological polar surface area (TPSA) is 147 Å². The summed E-state index contributed by atoms with van der Waals surface area (Å²) in [7, 11) is 3.06. The summed E-state index contributed by atoms with van der Waals surface area (Å²) in [4.78, 5) is 24.5. The van der Waals surface area contributed by atoms with Crippen LogP contribution in [0.5, 0.6) is 23.5 Å². The van der Waals surface area contributed by atoms with Gasteiger partial charge in [0.2, 0.25) is 23.5 Å². The molecule has 0 unspecified atom stereocenters. The summed E-state index contributed by atoms with van der Waals surface area (Å²) in [5, 5.41) is 30.4. The molecule has 2 saturated heterocycles. The molecule has 51 heavy (non-hydrogen) atoms. The molecular weight excluding hydrogens is 699 g/mol. The van der Waals surface area contributed by atoms with E-state index in [-0.39, 0.29) is 38.8 Å². The number of ether oxygens (including phenoxy) is 4. The summed E-state index contributed by atoms with van der Waals surface area (Å²) in [5.74, 6) is 0.499. The molecule has 0 saturated carbocycles. The van der Waals surface area contributed by atoms with Crippen molar-refractivity contribution in [2.24, 2.45) is 0 Å². The zero-order valence-corrected chi connectivity index (χ0v) is 29.8. The van der Waals surface area contributed by atoms with E-state index in [2.05, 4.69) is 14.9 Å². The standard InChI is InChI=1S/C37H40Cl2N4O8/c1-48-35-22(16-42-14-13-26(44)18-42)9-11-31(40-35)50-20-24-5-3-7-28(33(24)38)29-8-4-6-25(34(29)39)21-51-32-12-10-23(36(41-32)49-2)17-43-19-27(45)15-30(43)37(46)47/h3-12,26-27,30,44-45H,13-21H2,1-2H3,(H,46,47)/t26-,27-,30-/m0/s1. The monoisotopic (exact) mass is 738 g/mol. The summed E-state index contributed by atoms with van der Waals surface area (Å²) in [6, 6.07) is 17.7. The molecule has 270 valence electrons. The Morgan fingerprint density at radius 1 is 0.765 bits per heavy atom. The highest BCUT2D eigenvalue weighted by Gasteiger charge is 2.36. The molecule has 14 heteroatoms. The van der Waals surface area contributed by atoms with Gasteiger partial charge in [-0.25, -0.2) is 0 Å². The van der Waals surface area contributed by atoms with Gasteiger partial charge in [-0.15, -0.1) is 0 Å². The first-order valence-electron chi connectivity index (χ1n) is 16.6. The molecule has 0 bridgehead atoms. The number of aliphatic hydroxyl groups is 2. The highest BCUT2D eigenvalue weighted by molar-refractivity contribution is 6.37. The molecule has 4 heterocycles. The van der Waals surface area contributed by atoms with Crippen molar-refractivity contribution in [3.8, 4) is 34.6 Å². The maximum Gasteiger partial charge on any atom is 0.321 e. The van der Waals surface area contributed by atoms with Crippen molar-refractivity contribution in [3.05, 3.63) is 93.0 Å². The van der Waals surface area contributed by atoms with Crippen LogP contribution in [0.15, 0.2) is 60.7 Å². The van der Waals surface area contributed by atoms with Crippen LogP contribution >= 0.6 is 23.2 Å². The number of hydrogen-bond acceptors (Lipinski definition) is 11. The maximum atomic E-state index is 11.7. The van der Waals surface area contributed by atoms with Crippen LogP contribution in [0.3, 0.4) is 0 Å². The number of pyridine rings is 2. The fourth-order valence-electron chi connectivity index (χ4n) is 6.49. The average Bonchev–Trinajstić information content (AvgIpc) is 3.72. The fourth-order valence-corrected chi connectivity index (χ4v) is 7.05. The van der Waals surface area contributed by atoms with Crippen molar-refractivity contribution in [3.63, 3.8) is 0 Å². The van der Waals surface area contributed by atoms with Gasteiger partial charge in [0, 0.05) is 84.7 Å². The lowest BCUT2D eigenvalue weighted by atomic mass is 10.0. The van der Waals surface area contributed by atoms with E-state index in [1.54, 1.807) is 30.2 Å². The van der Waals surface area contributed by atoms with Crippen LogP contribution in [0.4, 0.5) is 0 Å². The molecule has 3 N–H and O–H groups in total. The molecule has 2 aromatic heterocycles. The normalized spacial score (nSPS) is 19.3. The molecule has 12 nitrogen and oxygen atoms in total. The molecule has 2 aliphatic heterocycles. The first-order valence-corrected chi connectivity index (χ1v) is 17.3. The Balaban J connectivity index is 1.11. The highest BCUT2D eigenvalue weighted by atomic mass is 35.5. The third-order valence-corrected chi connectivity index (χ3v) is 9.99. The Hall–Kier alpha value is -4.17. The number of aliphatic hydroxyl groups excluding tert-OH is 2. The van der Waals surface area contributed by atoms with Gasteiger partial charge in [-0.05, 0) is 18.6 Å². The Kier molecular flexibility index (Phi) is 11.8. The maximum absolute atomic E-state index is 11.7. The third-order valence-electron chi connectivity index (χ3n) is 9.09. The number of carboxylic acids is 1. The number of benzene rings is 2. The average molecular weight is 740 g/mol. The van der Waals surface area contributed by atoms with Gasteiger partial charge in [0.05, 0.1) is 36.5 Å². The summed E-state index contributed by atoms with van der Waals surface area (Å²) >= 11 is 13.8. The van der Waals surface area contributed by atoms with Crippen LogP contribution in [-0.2, 0) is 31.1 Å². The Bertz CT molecular complexity index is 1860. The number of carbonyl (C=O) groups is 1. The molecule has 0 amide bonds. The number of β-amino-alcohol motifs (C(OH)–C–C–N with tert-alkyl or cyclic N) is 2. The van der Waals surface area contributed by atoms with Crippen LogP contribution in [-0.4, -0.2) is 93.2 Å². The lowest BCUT2D eigenvalue weighted by Gasteiger charge is -2.21. The number of nitrogens with zero attached hydrogens (tertiary/aromatic N) is 4. The molecule has 0 aliphatic carbocycles. The predicted molar refractivity (Wildman–Crippen MR) is 190 cm³/mol. The number of aromatic nitrogens is 2. The minimum absolute atomic E-state index is 0.115. The van der Waals surface area contributed by atoms with Gasteiger partial charge in [0.25, 0.3) is 0 Å². The van der Waals surface area contributed by atoms with E-state index in [0.717, 1.165) is 35.2 Å². The van der Waals surface area contributed by atoms with Crippen LogP contribution in [0.2, 0.25) is 10.0 Å². The van der Waals surface area contributed by atoms with Crippen molar-refractivity contribution in [2.45, 2.75) is 57.4 Å². The van der Waals surface area contributed by atoms with Crippen LogP contribution < -0.4 is 18.9 Å². The Morgan fingerprint density at radius 2 is 1.31 bits per heavy atom. The largest absolute Gasteiger partial charge is 0.481 e. The molecule has 0 radical (unpaired) electrons. The van der Waals surface area contributed by atoms with Gasteiger partial charge in [-0.1, -0.05) is 59.6 Å². The van der Waals surface area contributed by atoms with E-state index < -0.39 is 18.1 Å². The second kappa shape index (κ2) is 16.4. The summed E-state index contributed by atoms with van der Waals surface area (Å²) < 4.78 is 23.1. The molecular formula is C37H40Cl2N4O8. The summed E-state index contributed by atoms with van der Waals surface area (Å²) in [6.45, 7) is 2.87. The van der Waals surface area contributed by atoms with Crippen molar-refractivity contribution >= 4 is 29.2 Å². The van der Waals surface area contributed by atoms with Crippen LogP contribution in [0.25, 0.3) is 11.1 Å². The van der Waals surface area contributed by atoms with E-state index in [1.165, 1.54) is 7.11 Å². The molecule has 4 aromatic rings. The molecule has 3 atom stereocenters. The van der Waals surface area contributed by atoms with E-state index in [4.69, 9.17) is 42.1 Å². The van der Waals surface area contributed by atoms with Gasteiger partial charge < -0.3 is 34.3 Å². The van der Waals surface area contributed by atoms with Gasteiger partial charge >= 0.3 is 5.97 Å². The number of methoxy groups -OCH3 is 2. The number of carboxylic acid groups (broad SMARTS) is 1. The molecule has 0 spiro atoms. The molecule has 6 rings (SSSR count). The lowest BCUT2D eigenvalue weighted by Crippen LogP contribution is -2.35. The quantitative estimate of drug-likeness (QED) is 0.156. The Labute approximate surface area is 306 Å². The van der Waals surface area contributed by atoms with E-state index in [1.807, 2.05) is 42.5 Å². The van der Waals surface area contributed by atoms with Crippen molar-refractivity contribution in [2.75, 3.05) is 33.9 Å². The predicted octanol–water partition coefficient (Wildman–Crippen LogP) is 5.21. The molecule has 2 aliphatic rings. The number of rotatable bonds is 14. The molecule has 2 aromatic carbocycles. The summed E-state index contributed by atoms with van der Waals surface area (Å²) in [5.41, 5.74) is 4.51. The van der Waals surface area contributed by atoms with Crippen LogP contribution in [0, 0.1) is 0 Å². The van der Waals surface area contributed by atoms with Crippen molar-refractivity contribution in [1.82, 2.24) is 19.8 Å². The highest BCUT2D eigenvalue weighted by Crippen LogP contribution is 2.38. The minimum Gasteiger partial charge on any atom is -0.481 e. The van der Waals surface area contributed by atoms with E-state index in [0.29, 0.717) is 57.8 Å². The smallest absolute Gasteiger partial charge is 0.321 e.